The largest absolute Gasteiger partial charge is 0.476 e. The van der Waals surface area contributed by atoms with Crippen LogP contribution in [0.5, 0.6) is 0 Å². The Balaban J connectivity index is 1.94. The monoisotopic (exact) mass is 298 g/mol. The van der Waals surface area contributed by atoms with Crippen molar-refractivity contribution >= 4 is 11.9 Å². The molecule has 0 bridgehead atoms. The Morgan fingerprint density at radius 3 is 3.00 bits per heavy atom. The molecule has 1 unspecified atom stereocenters. The minimum atomic E-state index is -1.20. The van der Waals surface area contributed by atoms with Crippen LogP contribution in [0.25, 0.3) is 0 Å². The molecule has 0 aliphatic carbocycles. The Morgan fingerprint density at radius 1 is 1.57 bits per heavy atom. The van der Waals surface area contributed by atoms with Crippen molar-refractivity contribution in [2.24, 2.45) is 0 Å². The summed E-state index contributed by atoms with van der Waals surface area (Å²) in [5.74, 6) is -1.47. The first-order valence-electron chi connectivity index (χ1n) is 6.64. The summed E-state index contributed by atoms with van der Waals surface area (Å²) in [4.78, 5) is 22.9. The van der Waals surface area contributed by atoms with Gasteiger partial charge in [-0.1, -0.05) is 5.21 Å². The normalized spacial score (nSPS) is 17.9. The van der Waals surface area contributed by atoms with Gasteiger partial charge >= 0.3 is 5.97 Å². The van der Waals surface area contributed by atoms with Gasteiger partial charge < -0.3 is 19.9 Å². The number of nitrogens with one attached hydrogen (secondary N) is 1. The summed E-state index contributed by atoms with van der Waals surface area (Å²) in [6, 6.07) is 0. The second kappa shape index (κ2) is 7.14. The molecule has 1 saturated heterocycles. The van der Waals surface area contributed by atoms with Gasteiger partial charge in [-0.15, -0.1) is 5.10 Å². The predicted molar refractivity (Wildman–Crippen MR) is 69.7 cm³/mol. The van der Waals surface area contributed by atoms with Gasteiger partial charge in [-0.3, -0.25) is 4.79 Å². The number of hydrogen-bond acceptors (Lipinski definition) is 6. The maximum atomic E-state index is 11.9. The third-order valence-corrected chi connectivity index (χ3v) is 3.17. The van der Waals surface area contributed by atoms with Crippen molar-refractivity contribution in [1.29, 1.82) is 0 Å². The van der Waals surface area contributed by atoms with Gasteiger partial charge in [0.2, 0.25) is 5.91 Å². The lowest BCUT2D eigenvalue weighted by Gasteiger charge is -2.11. The van der Waals surface area contributed by atoms with E-state index in [4.69, 9.17) is 14.6 Å². The molecule has 1 aromatic heterocycles. The maximum Gasteiger partial charge on any atom is 0.358 e. The van der Waals surface area contributed by atoms with Crippen molar-refractivity contribution in [3.05, 3.63) is 11.4 Å². The van der Waals surface area contributed by atoms with Crippen LogP contribution in [0.3, 0.4) is 0 Å². The fourth-order valence-electron chi connectivity index (χ4n) is 2.13. The standard InChI is InChI=1S/C12H18N4O5/c1-20-7-9-11(12(18)19)14-15-16(9)6-10(17)13-5-8-3-2-4-21-8/h8H,2-7H2,1H3,(H,13,17)(H,18,19). The molecule has 1 atom stereocenters. The lowest BCUT2D eigenvalue weighted by Crippen LogP contribution is -2.34. The summed E-state index contributed by atoms with van der Waals surface area (Å²) in [5.41, 5.74) is 0.0565. The fraction of sp³-hybridized carbons (Fsp3) is 0.667. The summed E-state index contributed by atoms with van der Waals surface area (Å²) in [7, 11) is 1.43. The Morgan fingerprint density at radius 2 is 2.38 bits per heavy atom. The van der Waals surface area contributed by atoms with E-state index in [-0.39, 0.29) is 36.6 Å². The molecule has 21 heavy (non-hydrogen) atoms. The summed E-state index contributed by atoms with van der Waals surface area (Å²) in [6.45, 7) is 1.09. The molecule has 0 radical (unpaired) electrons. The van der Waals surface area contributed by atoms with Crippen LogP contribution < -0.4 is 5.32 Å². The highest BCUT2D eigenvalue weighted by Crippen LogP contribution is 2.11. The van der Waals surface area contributed by atoms with Gasteiger partial charge in [0.05, 0.1) is 18.4 Å². The molecule has 9 heteroatoms. The summed E-state index contributed by atoms with van der Waals surface area (Å²) in [5, 5.41) is 19.0. The number of hydrogen-bond donors (Lipinski definition) is 2. The first-order chi connectivity index (χ1) is 10.1. The zero-order chi connectivity index (χ0) is 15.2. The zero-order valence-corrected chi connectivity index (χ0v) is 11.7. The van der Waals surface area contributed by atoms with Gasteiger partial charge in [-0.05, 0) is 12.8 Å². The van der Waals surface area contributed by atoms with Crippen LogP contribution in [0.1, 0.15) is 29.0 Å². The molecule has 1 fully saturated rings. The highest BCUT2D eigenvalue weighted by atomic mass is 16.5. The van der Waals surface area contributed by atoms with Gasteiger partial charge in [0, 0.05) is 20.3 Å². The molecule has 2 rings (SSSR count). The average molecular weight is 298 g/mol. The molecule has 1 aromatic rings. The number of carbonyl (C=O) groups is 2. The molecular formula is C12H18N4O5. The van der Waals surface area contributed by atoms with Crippen molar-refractivity contribution < 1.29 is 24.2 Å². The van der Waals surface area contributed by atoms with Crippen molar-refractivity contribution in [2.45, 2.75) is 32.1 Å². The highest BCUT2D eigenvalue weighted by Gasteiger charge is 2.21. The van der Waals surface area contributed by atoms with Crippen LogP contribution in [-0.2, 0) is 27.4 Å². The van der Waals surface area contributed by atoms with Crippen LogP contribution in [0, 0.1) is 0 Å². The van der Waals surface area contributed by atoms with E-state index in [2.05, 4.69) is 15.6 Å². The molecule has 9 nitrogen and oxygen atoms in total. The zero-order valence-electron chi connectivity index (χ0n) is 11.7. The average Bonchev–Trinajstić information content (AvgIpc) is 3.07. The van der Waals surface area contributed by atoms with Crippen LogP contribution in [0.4, 0.5) is 0 Å². The molecule has 0 aromatic carbocycles. The summed E-state index contributed by atoms with van der Waals surface area (Å²) >= 11 is 0. The molecule has 0 spiro atoms. The molecule has 116 valence electrons. The van der Waals surface area contributed by atoms with Gasteiger partial charge in [0.15, 0.2) is 5.69 Å². The molecule has 1 aliphatic rings. The number of methoxy groups -OCH3 is 1. The second-order valence-corrected chi connectivity index (χ2v) is 4.72. The minimum absolute atomic E-state index is 0.0215. The molecular weight excluding hydrogens is 280 g/mol. The predicted octanol–water partition coefficient (Wildman–Crippen LogP) is -0.582. The minimum Gasteiger partial charge on any atom is -0.476 e. The third kappa shape index (κ3) is 3.99. The van der Waals surface area contributed by atoms with E-state index in [1.807, 2.05) is 0 Å². The van der Waals surface area contributed by atoms with Gasteiger partial charge in [-0.2, -0.15) is 0 Å². The number of rotatable bonds is 7. The Kier molecular flexibility index (Phi) is 5.23. The third-order valence-electron chi connectivity index (χ3n) is 3.17. The number of carboxylic acids is 1. The van der Waals surface area contributed by atoms with Crippen molar-refractivity contribution in [1.82, 2.24) is 20.3 Å². The van der Waals surface area contributed by atoms with E-state index in [1.54, 1.807) is 0 Å². The van der Waals surface area contributed by atoms with Crippen molar-refractivity contribution in [3.8, 4) is 0 Å². The Hall–Kier alpha value is -2.00. The molecule has 2 N–H and O–H groups in total. The first kappa shape index (κ1) is 15.4. The number of carboxylic acid groups (broad SMARTS) is 1. The van der Waals surface area contributed by atoms with Crippen LogP contribution in [0.15, 0.2) is 0 Å². The van der Waals surface area contributed by atoms with Gasteiger partial charge in [0.25, 0.3) is 0 Å². The number of nitrogens with zero attached hydrogens (tertiary/aromatic N) is 3. The van der Waals surface area contributed by atoms with Crippen LogP contribution in [-0.4, -0.2) is 58.3 Å². The van der Waals surface area contributed by atoms with Crippen molar-refractivity contribution in [2.75, 3.05) is 20.3 Å². The van der Waals surface area contributed by atoms with Crippen molar-refractivity contribution in [3.63, 3.8) is 0 Å². The lowest BCUT2D eigenvalue weighted by molar-refractivity contribution is -0.122. The van der Waals surface area contributed by atoms with Crippen LogP contribution >= 0.6 is 0 Å². The smallest absolute Gasteiger partial charge is 0.358 e. The van der Waals surface area contributed by atoms with E-state index in [0.29, 0.717) is 6.54 Å². The fourth-order valence-corrected chi connectivity index (χ4v) is 2.13. The quantitative estimate of drug-likeness (QED) is 0.691. The number of carbonyl (C=O) groups excluding carboxylic acids is 1. The van der Waals surface area contributed by atoms with E-state index in [0.717, 1.165) is 19.4 Å². The molecule has 1 aliphatic heterocycles. The van der Waals surface area contributed by atoms with E-state index in [9.17, 15) is 9.59 Å². The number of aromatic nitrogens is 3. The highest BCUT2D eigenvalue weighted by molar-refractivity contribution is 5.86. The van der Waals surface area contributed by atoms with E-state index in [1.165, 1.54) is 11.8 Å². The van der Waals surface area contributed by atoms with Gasteiger partial charge in [-0.25, -0.2) is 9.48 Å². The number of ether oxygens (including phenoxy) is 2. The molecule has 1 amide bonds. The van der Waals surface area contributed by atoms with Gasteiger partial charge in [0.1, 0.15) is 6.54 Å². The summed E-state index contributed by atoms with van der Waals surface area (Å²) in [6.07, 6.45) is 1.99. The number of amides is 1. The second-order valence-electron chi connectivity index (χ2n) is 4.72. The first-order valence-corrected chi connectivity index (χ1v) is 6.64. The lowest BCUT2D eigenvalue weighted by atomic mass is 10.2. The SMILES string of the molecule is COCc1c(C(=O)O)nnn1CC(=O)NCC1CCCO1. The number of aromatic carboxylic acids is 1. The summed E-state index contributed by atoms with van der Waals surface area (Å²) < 4.78 is 11.6. The van der Waals surface area contributed by atoms with E-state index < -0.39 is 5.97 Å². The Bertz CT molecular complexity index is 510. The maximum absolute atomic E-state index is 11.9. The molecule has 2 heterocycles. The van der Waals surface area contributed by atoms with Crippen LogP contribution in [0.2, 0.25) is 0 Å². The molecule has 0 saturated carbocycles. The Labute approximate surface area is 121 Å². The van der Waals surface area contributed by atoms with E-state index >= 15 is 0 Å². The topological polar surface area (TPSA) is 116 Å².